The zero-order valence-electron chi connectivity index (χ0n) is 8.44. The van der Waals surface area contributed by atoms with Gasteiger partial charge >= 0.3 is 6.18 Å². The Morgan fingerprint density at radius 1 is 1.18 bits per heavy atom. The van der Waals surface area contributed by atoms with Crippen LogP contribution in [-0.4, -0.2) is 0 Å². The zero-order valence-corrected chi connectivity index (χ0v) is 5.44. The van der Waals surface area contributed by atoms with Gasteiger partial charge in [0.2, 0.25) is 0 Å². The molecule has 0 amide bonds. The van der Waals surface area contributed by atoms with Crippen molar-refractivity contribution in [1.29, 1.82) is 0 Å². The SMILES string of the molecule is [2H]C([2H])([2H])c1ccc(C(F)(F)F)cc1. The van der Waals surface area contributed by atoms with Crippen LogP contribution < -0.4 is 0 Å². The van der Waals surface area contributed by atoms with E-state index in [0.29, 0.717) is 0 Å². The lowest BCUT2D eigenvalue weighted by molar-refractivity contribution is -0.137. The minimum Gasteiger partial charge on any atom is -0.166 e. The normalized spacial score (nSPS) is 16.8. The van der Waals surface area contributed by atoms with E-state index in [-0.39, 0.29) is 5.56 Å². The van der Waals surface area contributed by atoms with Crippen LogP contribution in [0.3, 0.4) is 0 Å². The molecule has 0 fully saturated rings. The number of alkyl halides is 3. The van der Waals surface area contributed by atoms with E-state index < -0.39 is 18.6 Å². The Balaban J connectivity index is 3.02. The summed E-state index contributed by atoms with van der Waals surface area (Å²) in [4.78, 5) is 0. The van der Waals surface area contributed by atoms with Gasteiger partial charge in [0.15, 0.2) is 0 Å². The van der Waals surface area contributed by atoms with E-state index in [2.05, 4.69) is 0 Å². The predicted molar refractivity (Wildman–Crippen MR) is 36.2 cm³/mol. The average molecular weight is 163 g/mol. The van der Waals surface area contributed by atoms with Gasteiger partial charge < -0.3 is 0 Å². The highest BCUT2D eigenvalue weighted by Crippen LogP contribution is 2.28. The van der Waals surface area contributed by atoms with Crippen molar-refractivity contribution in [3.05, 3.63) is 35.4 Å². The van der Waals surface area contributed by atoms with Gasteiger partial charge in [-0.15, -0.1) is 0 Å². The predicted octanol–water partition coefficient (Wildman–Crippen LogP) is 3.01. The fourth-order valence-corrected chi connectivity index (χ4v) is 0.659. The first-order valence-electron chi connectivity index (χ1n) is 4.39. The van der Waals surface area contributed by atoms with Gasteiger partial charge in [-0.3, -0.25) is 0 Å². The molecule has 0 aliphatic rings. The maximum absolute atomic E-state index is 12.1. The van der Waals surface area contributed by atoms with Gasteiger partial charge in [-0.05, 0) is 19.0 Å². The Labute approximate surface area is 66.9 Å². The summed E-state index contributed by atoms with van der Waals surface area (Å²) in [6.45, 7) is -2.36. The molecule has 3 heteroatoms. The largest absolute Gasteiger partial charge is 0.416 e. The summed E-state index contributed by atoms with van der Waals surface area (Å²) in [7, 11) is 0. The third-order valence-corrected chi connectivity index (χ3v) is 1.21. The highest BCUT2D eigenvalue weighted by Gasteiger charge is 2.29. The van der Waals surface area contributed by atoms with Gasteiger partial charge in [0.1, 0.15) is 0 Å². The molecule has 0 saturated carbocycles. The zero-order chi connectivity index (χ0) is 11.0. The molecule has 0 aromatic heterocycles. The molecule has 0 aliphatic carbocycles. The third kappa shape index (κ3) is 1.97. The molecule has 11 heavy (non-hydrogen) atoms. The molecule has 0 bridgehead atoms. The lowest BCUT2D eigenvalue weighted by Gasteiger charge is -2.05. The van der Waals surface area contributed by atoms with E-state index in [0.717, 1.165) is 24.3 Å². The van der Waals surface area contributed by atoms with Crippen LogP contribution in [0.25, 0.3) is 0 Å². The molecular formula is C8H7F3. The summed E-state index contributed by atoms with van der Waals surface area (Å²) >= 11 is 0. The van der Waals surface area contributed by atoms with Gasteiger partial charge in [-0.1, -0.05) is 17.7 Å². The van der Waals surface area contributed by atoms with E-state index in [9.17, 15) is 13.2 Å². The lowest BCUT2D eigenvalue weighted by atomic mass is 10.1. The van der Waals surface area contributed by atoms with Crippen molar-refractivity contribution < 1.29 is 17.3 Å². The van der Waals surface area contributed by atoms with Crippen molar-refractivity contribution in [2.45, 2.75) is 13.0 Å². The van der Waals surface area contributed by atoms with Crippen LogP contribution >= 0.6 is 0 Å². The van der Waals surface area contributed by atoms with Crippen LogP contribution in [0.1, 0.15) is 15.2 Å². The summed E-state index contributed by atoms with van der Waals surface area (Å²) < 4.78 is 57.1. The highest BCUT2D eigenvalue weighted by molar-refractivity contribution is 5.23. The van der Waals surface area contributed by atoms with Gasteiger partial charge in [-0.25, -0.2) is 0 Å². The van der Waals surface area contributed by atoms with E-state index in [1.807, 2.05) is 0 Å². The Bertz CT molecular complexity index is 277. The summed E-state index contributed by atoms with van der Waals surface area (Å²) in [5, 5.41) is 0. The smallest absolute Gasteiger partial charge is 0.166 e. The number of hydrogen-bond donors (Lipinski definition) is 0. The van der Waals surface area contributed by atoms with Crippen molar-refractivity contribution in [3.8, 4) is 0 Å². The summed E-state index contributed by atoms with van der Waals surface area (Å²) in [5.41, 5.74) is -0.934. The van der Waals surface area contributed by atoms with Crippen LogP contribution in [0.2, 0.25) is 0 Å². The molecule has 1 aromatic rings. The Hall–Kier alpha value is -0.990. The van der Waals surface area contributed by atoms with E-state index in [4.69, 9.17) is 4.11 Å². The standard InChI is InChI=1S/C8H7F3/c1-6-2-4-7(5-3-6)8(9,10)11/h2-5H,1H3/i1D3. The molecule has 0 saturated heterocycles. The maximum Gasteiger partial charge on any atom is 0.416 e. The second-order valence-electron chi connectivity index (χ2n) is 2.08. The quantitative estimate of drug-likeness (QED) is 0.551. The number of hydrogen-bond acceptors (Lipinski definition) is 0. The first-order valence-corrected chi connectivity index (χ1v) is 2.89. The van der Waals surface area contributed by atoms with Crippen LogP contribution in [0.5, 0.6) is 0 Å². The molecule has 0 atom stereocenters. The summed E-state index contributed by atoms with van der Waals surface area (Å²) in [5.74, 6) is 0. The Kier molecular flexibility index (Phi) is 1.12. The number of benzene rings is 1. The summed E-state index contributed by atoms with van der Waals surface area (Å²) in [6, 6.07) is 3.47. The molecule has 60 valence electrons. The Morgan fingerprint density at radius 3 is 2.09 bits per heavy atom. The van der Waals surface area contributed by atoms with E-state index in [1.165, 1.54) is 0 Å². The third-order valence-electron chi connectivity index (χ3n) is 1.21. The first kappa shape index (κ1) is 4.80. The van der Waals surface area contributed by atoms with Crippen LogP contribution in [-0.2, 0) is 6.18 Å². The number of halogens is 3. The molecule has 1 rings (SSSR count). The van der Waals surface area contributed by atoms with Crippen LogP contribution in [0.15, 0.2) is 24.3 Å². The first-order chi connectivity index (χ1) is 6.21. The molecule has 0 N–H and O–H groups in total. The van der Waals surface area contributed by atoms with Gasteiger partial charge in [0.25, 0.3) is 0 Å². The lowest BCUT2D eigenvalue weighted by Crippen LogP contribution is -2.03. The second-order valence-corrected chi connectivity index (χ2v) is 2.08. The maximum atomic E-state index is 12.1. The van der Waals surface area contributed by atoms with E-state index in [1.54, 1.807) is 0 Å². The topological polar surface area (TPSA) is 0 Å². The monoisotopic (exact) mass is 163 g/mol. The van der Waals surface area contributed by atoms with Gasteiger partial charge in [0.05, 0.1) is 5.56 Å². The van der Waals surface area contributed by atoms with Gasteiger partial charge in [0, 0.05) is 4.11 Å². The van der Waals surface area contributed by atoms with Crippen LogP contribution in [0, 0.1) is 6.85 Å². The highest BCUT2D eigenvalue weighted by atomic mass is 19.4. The van der Waals surface area contributed by atoms with Crippen molar-refractivity contribution >= 4 is 0 Å². The molecule has 0 unspecified atom stereocenters. The molecule has 1 aromatic carbocycles. The molecule has 0 aliphatic heterocycles. The summed E-state index contributed by atoms with van der Waals surface area (Å²) in [6.07, 6.45) is -4.42. The average Bonchev–Trinajstić information content (AvgIpc) is 2.01. The van der Waals surface area contributed by atoms with Crippen molar-refractivity contribution in [2.75, 3.05) is 0 Å². The van der Waals surface area contributed by atoms with E-state index >= 15 is 0 Å². The molecule has 0 heterocycles. The minimum atomic E-state index is -4.42. The number of rotatable bonds is 0. The van der Waals surface area contributed by atoms with Crippen LogP contribution in [0.4, 0.5) is 13.2 Å². The second kappa shape index (κ2) is 2.57. The fraction of sp³-hybridized carbons (Fsp3) is 0.250. The van der Waals surface area contributed by atoms with Crippen molar-refractivity contribution in [2.24, 2.45) is 0 Å². The molecule has 0 radical (unpaired) electrons. The minimum absolute atomic E-state index is 0.0921. The Morgan fingerprint density at radius 2 is 1.73 bits per heavy atom. The fourth-order valence-electron chi connectivity index (χ4n) is 0.659. The van der Waals surface area contributed by atoms with Crippen molar-refractivity contribution in [3.63, 3.8) is 0 Å². The molecular weight excluding hydrogens is 153 g/mol. The molecule has 0 spiro atoms. The van der Waals surface area contributed by atoms with Gasteiger partial charge in [-0.2, -0.15) is 13.2 Å². The number of aryl methyl sites for hydroxylation is 1. The van der Waals surface area contributed by atoms with Crippen molar-refractivity contribution in [1.82, 2.24) is 0 Å². The molecule has 0 nitrogen and oxygen atoms in total.